The Labute approximate surface area is 101 Å². The lowest BCUT2D eigenvalue weighted by Crippen LogP contribution is -2.37. The quantitative estimate of drug-likeness (QED) is 0.860. The van der Waals surface area contributed by atoms with Crippen LogP contribution in [0.2, 0.25) is 5.22 Å². The lowest BCUT2D eigenvalue weighted by atomic mass is 9.95. The van der Waals surface area contributed by atoms with E-state index in [4.69, 9.17) is 16.0 Å². The summed E-state index contributed by atoms with van der Waals surface area (Å²) in [6.07, 6.45) is 3.52. The van der Waals surface area contributed by atoms with Crippen molar-refractivity contribution in [1.82, 2.24) is 5.32 Å². The molecule has 0 radical (unpaired) electrons. The number of amides is 1. The number of rotatable bonds is 5. The van der Waals surface area contributed by atoms with E-state index in [1.54, 1.807) is 6.07 Å². The molecule has 1 amide bonds. The fraction of sp³-hybridized carbons (Fsp3) is 0.583. The third-order valence-corrected chi connectivity index (χ3v) is 3.27. The molecular weight excluding hydrogens is 226 g/mol. The summed E-state index contributed by atoms with van der Waals surface area (Å²) in [4.78, 5) is 11.8. The summed E-state index contributed by atoms with van der Waals surface area (Å²) in [6.45, 7) is 6.27. The molecule has 0 aliphatic heterocycles. The van der Waals surface area contributed by atoms with E-state index in [2.05, 4.69) is 19.2 Å². The SMILES string of the molecule is CCC(CC)C(C)NC(=O)c1ccoc1Cl. The minimum absolute atomic E-state index is 0.147. The van der Waals surface area contributed by atoms with Crippen molar-refractivity contribution >= 4 is 17.5 Å². The first-order chi connectivity index (χ1) is 7.60. The molecular formula is C12H18ClNO2. The minimum atomic E-state index is -0.168. The van der Waals surface area contributed by atoms with Gasteiger partial charge in [0.15, 0.2) is 0 Å². The number of nitrogens with one attached hydrogen (secondary N) is 1. The first-order valence-electron chi connectivity index (χ1n) is 5.64. The van der Waals surface area contributed by atoms with Crippen LogP contribution in [0, 0.1) is 5.92 Å². The van der Waals surface area contributed by atoms with Crippen LogP contribution in [0.4, 0.5) is 0 Å². The molecule has 0 bridgehead atoms. The number of hydrogen-bond acceptors (Lipinski definition) is 2. The van der Waals surface area contributed by atoms with Crippen molar-refractivity contribution in [2.75, 3.05) is 0 Å². The molecule has 1 atom stereocenters. The van der Waals surface area contributed by atoms with E-state index in [9.17, 15) is 4.79 Å². The Kier molecular flexibility index (Phi) is 4.87. The van der Waals surface area contributed by atoms with Crippen LogP contribution in [0.1, 0.15) is 44.0 Å². The first-order valence-corrected chi connectivity index (χ1v) is 6.01. The van der Waals surface area contributed by atoms with E-state index in [0.29, 0.717) is 11.5 Å². The Balaban J connectivity index is 2.61. The molecule has 16 heavy (non-hydrogen) atoms. The van der Waals surface area contributed by atoms with E-state index in [0.717, 1.165) is 12.8 Å². The van der Waals surface area contributed by atoms with Crippen LogP contribution < -0.4 is 5.32 Å². The van der Waals surface area contributed by atoms with Crippen molar-refractivity contribution < 1.29 is 9.21 Å². The maximum Gasteiger partial charge on any atom is 0.256 e. The van der Waals surface area contributed by atoms with Crippen LogP contribution >= 0.6 is 11.6 Å². The molecule has 0 aliphatic rings. The molecule has 1 aromatic rings. The van der Waals surface area contributed by atoms with Gasteiger partial charge in [-0.1, -0.05) is 26.7 Å². The van der Waals surface area contributed by atoms with Crippen molar-refractivity contribution in [3.8, 4) is 0 Å². The number of carbonyl (C=O) groups excluding carboxylic acids is 1. The van der Waals surface area contributed by atoms with Gasteiger partial charge in [0.2, 0.25) is 5.22 Å². The van der Waals surface area contributed by atoms with Crippen molar-refractivity contribution in [2.45, 2.75) is 39.7 Å². The van der Waals surface area contributed by atoms with Gasteiger partial charge in [0.25, 0.3) is 5.91 Å². The molecule has 1 heterocycles. The third-order valence-electron chi connectivity index (χ3n) is 2.98. The zero-order chi connectivity index (χ0) is 12.1. The molecule has 1 unspecified atom stereocenters. The van der Waals surface area contributed by atoms with Crippen molar-refractivity contribution in [2.24, 2.45) is 5.92 Å². The summed E-state index contributed by atoms with van der Waals surface area (Å²) in [6, 6.07) is 1.73. The van der Waals surface area contributed by atoms with Gasteiger partial charge in [-0.3, -0.25) is 4.79 Å². The number of hydrogen-bond donors (Lipinski definition) is 1. The average Bonchev–Trinajstić information content (AvgIpc) is 2.66. The van der Waals surface area contributed by atoms with E-state index < -0.39 is 0 Å². The fourth-order valence-electron chi connectivity index (χ4n) is 1.85. The Hall–Kier alpha value is -0.960. The third kappa shape index (κ3) is 3.01. The molecule has 3 nitrogen and oxygen atoms in total. The maximum atomic E-state index is 11.8. The second-order valence-corrected chi connectivity index (χ2v) is 4.29. The van der Waals surface area contributed by atoms with Gasteiger partial charge in [0.05, 0.1) is 11.8 Å². The molecule has 0 fully saturated rings. The van der Waals surface area contributed by atoms with Crippen LogP contribution in [-0.2, 0) is 0 Å². The minimum Gasteiger partial charge on any atom is -0.452 e. The van der Waals surface area contributed by atoms with E-state index in [1.807, 2.05) is 6.92 Å². The zero-order valence-electron chi connectivity index (χ0n) is 9.92. The summed E-state index contributed by atoms with van der Waals surface area (Å²) in [5.41, 5.74) is 0.402. The fourth-order valence-corrected chi connectivity index (χ4v) is 2.05. The molecule has 0 spiro atoms. The molecule has 1 rings (SSSR count). The summed E-state index contributed by atoms with van der Waals surface area (Å²) >= 11 is 5.74. The van der Waals surface area contributed by atoms with Crippen molar-refractivity contribution in [3.63, 3.8) is 0 Å². The molecule has 0 saturated heterocycles. The first kappa shape index (κ1) is 13.1. The Morgan fingerprint density at radius 1 is 1.50 bits per heavy atom. The number of halogens is 1. The monoisotopic (exact) mass is 243 g/mol. The molecule has 0 saturated carbocycles. The maximum absolute atomic E-state index is 11.8. The van der Waals surface area contributed by atoms with Gasteiger partial charge in [-0.05, 0) is 30.5 Å². The highest BCUT2D eigenvalue weighted by Gasteiger charge is 2.19. The average molecular weight is 244 g/mol. The highest BCUT2D eigenvalue weighted by atomic mass is 35.5. The second-order valence-electron chi connectivity index (χ2n) is 3.95. The van der Waals surface area contributed by atoms with Gasteiger partial charge >= 0.3 is 0 Å². The van der Waals surface area contributed by atoms with Gasteiger partial charge in [0, 0.05) is 6.04 Å². The predicted octanol–water partition coefficient (Wildman–Crippen LogP) is 3.49. The van der Waals surface area contributed by atoms with Gasteiger partial charge < -0.3 is 9.73 Å². The van der Waals surface area contributed by atoms with Crippen LogP contribution in [0.5, 0.6) is 0 Å². The summed E-state index contributed by atoms with van der Waals surface area (Å²) in [5.74, 6) is 0.327. The lowest BCUT2D eigenvalue weighted by molar-refractivity contribution is 0.0925. The number of furan rings is 1. The largest absolute Gasteiger partial charge is 0.452 e. The smallest absolute Gasteiger partial charge is 0.256 e. The Morgan fingerprint density at radius 3 is 2.56 bits per heavy atom. The Morgan fingerprint density at radius 2 is 2.12 bits per heavy atom. The van der Waals surface area contributed by atoms with Crippen LogP contribution in [0.3, 0.4) is 0 Å². The molecule has 4 heteroatoms. The van der Waals surface area contributed by atoms with Gasteiger partial charge in [0.1, 0.15) is 0 Å². The van der Waals surface area contributed by atoms with Gasteiger partial charge in [-0.2, -0.15) is 0 Å². The number of carbonyl (C=O) groups is 1. The van der Waals surface area contributed by atoms with E-state index in [1.165, 1.54) is 6.26 Å². The Bertz CT molecular complexity index is 345. The standard InChI is InChI=1S/C12H18ClNO2/c1-4-9(5-2)8(3)14-12(15)10-6-7-16-11(10)13/h6-9H,4-5H2,1-3H3,(H,14,15). The van der Waals surface area contributed by atoms with Crippen LogP contribution in [0.15, 0.2) is 16.7 Å². The second kappa shape index (κ2) is 5.94. The molecule has 0 aliphatic carbocycles. The summed E-state index contributed by atoms with van der Waals surface area (Å²) < 4.78 is 4.88. The lowest BCUT2D eigenvalue weighted by Gasteiger charge is -2.22. The zero-order valence-corrected chi connectivity index (χ0v) is 10.7. The van der Waals surface area contributed by atoms with Crippen molar-refractivity contribution in [3.05, 3.63) is 23.1 Å². The molecule has 1 N–H and O–H groups in total. The molecule has 0 aromatic carbocycles. The van der Waals surface area contributed by atoms with Crippen LogP contribution in [-0.4, -0.2) is 11.9 Å². The van der Waals surface area contributed by atoms with E-state index >= 15 is 0 Å². The molecule has 1 aromatic heterocycles. The highest BCUT2D eigenvalue weighted by Crippen LogP contribution is 2.18. The van der Waals surface area contributed by atoms with Gasteiger partial charge in [-0.15, -0.1) is 0 Å². The van der Waals surface area contributed by atoms with E-state index in [-0.39, 0.29) is 17.2 Å². The topological polar surface area (TPSA) is 42.2 Å². The predicted molar refractivity (Wildman–Crippen MR) is 64.7 cm³/mol. The highest BCUT2D eigenvalue weighted by molar-refractivity contribution is 6.32. The van der Waals surface area contributed by atoms with Gasteiger partial charge in [-0.25, -0.2) is 0 Å². The van der Waals surface area contributed by atoms with Crippen molar-refractivity contribution in [1.29, 1.82) is 0 Å². The summed E-state index contributed by atoms with van der Waals surface area (Å²) in [5, 5.41) is 3.09. The van der Waals surface area contributed by atoms with Crippen LogP contribution in [0.25, 0.3) is 0 Å². The summed E-state index contributed by atoms with van der Waals surface area (Å²) in [7, 11) is 0. The normalized spacial score (nSPS) is 12.8. The molecule has 90 valence electrons.